The summed E-state index contributed by atoms with van der Waals surface area (Å²) in [5.74, 6) is 0.0163. The lowest BCUT2D eigenvalue weighted by Crippen LogP contribution is -2.37. The molecule has 0 bridgehead atoms. The summed E-state index contributed by atoms with van der Waals surface area (Å²) in [7, 11) is 2.89. The van der Waals surface area contributed by atoms with Crippen LogP contribution in [0.15, 0.2) is 14.5 Å². The maximum Gasteiger partial charge on any atom is 0.332 e. The molecule has 2 aromatic heterocycles. The molecule has 0 aromatic carbocycles. The number of rotatable bonds is 1. The Morgan fingerprint density at radius 1 is 1.32 bits per heavy atom. The maximum atomic E-state index is 12.2. The Morgan fingerprint density at radius 2 is 1.95 bits per heavy atom. The SMILES string of the molecule is CSc1c(C#N)c(N)nc2c1c(=O)n(C)c(=O)n2C. The highest BCUT2D eigenvalue weighted by Crippen LogP contribution is 2.28. The summed E-state index contributed by atoms with van der Waals surface area (Å²) in [6, 6.07) is 1.94. The fourth-order valence-electron chi connectivity index (χ4n) is 1.89. The summed E-state index contributed by atoms with van der Waals surface area (Å²) in [5, 5.41) is 9.35. The van der Waals surface area contributed by atoms with Crippen molar-refractivity contribution in [3.63, 3.8) is 0 Å². The highest BCUT2D eigenvalue weighted by molar-refractivity contribution is 7.98. The number of nitriles is 1. The van der Waals surface area contributed by atoms with Crippen molar-refractivity contribution in [2.75, 3.05) is 12.0 Å². The standard InChI is InChI=1S/C11H11N5O2S/c1-15-9-6(10(17)16(2)11(15)18)7(19-3)5(4-12)8(13)14-9/h1-3H3,(H2,13,14). The van der Waals surface area contributed by atoms with Gasteiger partial charge in [0, 0.05) is 19.0 Å². The predicted octanol–water partition coefficient (Wildman–Crippen LogP) is -0.192. The average Bonchev–Trinajstić information content (AvgIpc) is 2.41. The quantitative estimate of drug-likeness (QED) is 0.724. The van der Waals surface area contributed by atoms with Gasteiger partial charge in [0.15, 0.2) is 5.65 Å². The van der Waals surface area contributed by atoms with Crippen LogP contribution < -0.4 is 17.0 Å². The molecule has 0 aliphatic carbocycles. The van der Waals surface area contributed by atoms with Gasteiger partial charge in [-0.3, -0.25) is 13.9 Å². The van der Waals surface area contributed by atoms with Crippen molar-refractivity contribution in [3.8, 4) is 6.07 Å². The van der Waals surface area contributed by atoms with Crippen LogP contribution in [0.4, 0.5) is 5.82 Å². The normalized spacial score (nSPS) is 10.6. The Labute approximate surface area is 112 Å². The monoisotopic (exact) mass is 277 g/mol. The van der Waals surface area contributed by atoms with Gasteiger partial charge < -0.3 is 5.73 Å². The first-order chi connectivity index (χ1) is 8.93. The van der Waals surface area contributed by atoms with Crippen molar-refractivity contribution in [3.05, 3.63) is 26.4 Å². The van der Waals surface area contributed by atoms with Crippen molar-refractivity contribution < 1.29 is 0 Å². The van der Waals surface area contributed by atoms with Crippen LogP contribution in [0.3, 0.4) is 0 Å². The van der Waals surface area contributed by atoms with E-state index in [1.54, 1.807) is 6.26 Å². The first kappa shape index (κ1) is 13.2. The van der Waals surface area contributed by atoms with E-state index in [0.29, 0.717) is 4.90 Å². The van der Waals surface area contributed by atoms with Crippen LogP contribution in [0.25, 0.3) is 11.0 Å². The molecule has 0 unspecified atom stereocenters. The Hall–Kier alpha value is -2.27. The van der Waals surface area contributed by atoms with Gasteiger partial charge in [-0.1, -0.05) is 0 Å². The molecule has 2 aromatic rings. The molecule has 0 aliphatic heterocycles. The lowest BCUT2D eigenvalue weighted by Gasteiger charge is -2.11. The summed E-state index contributed by atoms with van der Waals surface area (Å²) in [4.78, 5) is 28.5. The van der Waals surface area contributed by atoms with E-state index >= 15 is 0 Å². The third kappa shape index (κ3) is 1.70. The second-order valence-electron chi connectivity index (χ2n) is 3.92. The Morgan fingerprint density at radius 3 is 2.47 bits per heavy atom. The molecular formula is C11H11N5O2S. The van der Waals surface area contributed by atoms with Crippen molar-refractivity contribution in [2.24, 2.45) is 14.1 Å². The summed E-state index contributed by atoms with van der Waals surface area (Å²) in [5.41, 5.74) is 5.10. The first-order valence-corrected chi connectivity index (χ1v) is 6.49. The third-order valence-corrected chi connectivity index (χ3v) is 3.70. The second kappa shape index (κ2) is 4.44. The van der Waals surface area contributed by atoms with Crippen molar-refractivity contribution in [2.45, 2.75) is 4.90 Å². The Bertz CT molecular complexity index is 843. The van der Waals surface area contributed by atoms with Crippen molar-refractivity contribution >= 4 is 28.6 Å². The number of fused-ring (bicyclic) bond motifs is 1. The third-order valence-electron chi connectivity index (χ3n) is 2.89. The van der Waals surface area contributed by atoms with Crippen LogP contribution in [0.1, 0.15) is 5.56 Å². The lowest BCUT2D eigenvalue weighted by atomic mass is 10.2. The van der Waals surface area contributed by atoms with Crippen molar-refractivity contribution in [1.29, 1.82) is 5.26 Å². The van der Waals surface area contributed by atoms with Crippen LogP contribution in [-0.4, -0.2) is 20.4 Å². The predicted molar refractivity (Wildman–Crippen MR) is 73.1 cm³/mol. The van der Waals surface area contributed by atoms with Crippen LogP contribution in [0, 0.1) is 11.3 Å². The summed E-state index contributed by atoms with van der Waals surface area (Å²) in [6.45, 7) is 0. The Kier molecular flexibility index (Phi) is 3.08. The van der Waals surface area contributed by atoms with Gasteiger partial charge in [-0.2, -0.15) is 5.26 Å². The molecule has 7 nitrogen and oxygen atoms in total. The van der Waals surface area contributed by atoms with E-state index in [-0.39, 0.29) is 22.4 Å². The molecule has 2 rings (SSSR count). The molecule has 0 saturated carbocycles. The van der Waals surface area contributed by atoms with Gasteiger partial charge in [0.1, 0.15) is 17.5 Å². The fourth-order valence-corrected chi connectivity index (χ4v) is 2.62. The van der Waals surface area contributed by atoms with Gasteiger partial charge in [0.05, 0.1) is 5.39 Å². The number of aromatic nitrogens is 3. The zero-order valence-corrected chi connectivity index (χ0v) is 11.4. The molecule has 0 atom stereocenters. The van der Waals surface area contributed by atoms with Gasteiger partial charge in [-0.05, 0) is 6.26 Å². The first-order valence-electron chi connectivity index (χ1n) is 5.27. The molecule has 0 spiro atoms. The van der Waals surface area contributed by atoms with E-state index in [0.717, 1.165) is 4.57 Å². The van der Waals surface area contributed by atoms with Gasteiger partial charge in [0.2, 0.25) is 0 Å². The smallest absolute Gasteiger partial charge is 0.332 e. The highest BCUT2D eigenvalue weighted by atomic mass is 32.2. The van der Waals surface area contributed by atoms with E-state index in [4.69, 9.17) is 11.0 Å². The van der Waals surface area contributed by atoms with Crippen molar-refractivity contribution in [1.82, 2.24) is 14.1 Å². The number of thioether (sulfide) groups is 1. The van der Waals surface area contributed by atoms with Gasteiger partial charge in [-0.15, -0.1) is 11.8 Å². The zero-order valence-electron chi connectivity index (χ0n) is 10.6. The summed E-state index contributed by atoms with van der Waals surface area (Å²) in [6.07, 6.45) is 1.74. The molecular weight excluding hydrogens is 266 g/mol. The molecule has 0 aliphatic rings. The summed E-state index contributed by atoms with van der Waals surface area (Å²) >= 11 is 1.23. The number of nitrogens with two attached hydrogens (primary N) is 1. The number of anilines is 1. The molecule has 0 saturated heterocycles. The lowest BCUT2D eigenvalue weighted by molar-refractivity contribution is 0.706. The number of pyridine rings is 1. The topological polar surface area (TPSA) is 107 Å². The molecule has 0 fully saturated rings. The van der Waals surface area contributed by atoms with Gasteiger partial charge >= 0.3 is 5.69 Å². The molecule has 19 heavy (non-hydrogen) atoms. The number of nitrogens with zero attached hydrogens (tertiary/aromatic N) is 4. The Balaban J connectivity index is 3.24. The number of aryl methyl sites for hydroxylation is 1. The minimum atomic E-state index is -0.485. The highest BCUT2D eigenvalue weighted by Gasteiger charge is 2.19. The average molecular weight is 277 g/mol. The molecule has 2 heterocycles. The molecule has 0 amide bonds. The number of hydrogen-bond acceptors (Lipinski definition) is 6. The minimum Gasteiger partial charge on any atom is -0.382 e. The van der Waals surface area contributed by atoms with Crippen LogP contribution in [0.2, 0.25) is 0 Å². The number of hydrogen-bond donors (Lipinski definition) is 1. The molecule has 8 heteroatoms. The van der Waals surface area contributed by atoms with E-state index in [1.807, 2.05) is 6.07 Å². The minimum absolute atomic E-state index is 0.0163. The fraction of sp³-hybridized carbons (Fsp3) is 0.273. The van der Waals surface area contributed by atoms with Gasteiger partial charge in [0.25, 0.3) is 5.56 Å². The molecule has 0 radical (unpaired) electrons. The van der Waals surface area contributed by atoms with E-state index in [2.05, 4.69) is 4.98 Å². The van der Waals surface area contributed by atoms with Crippen LogP contribution in [0.5, 0.6) is 0 Å². The zero-order chi connectivity index (χ0) is 14.3. The van der Waals surface area contributed by atoms with Crippen LogP contribution in [-0.2, 0) is 14.1 Å². The van der Waals surface area contributed by atoms with E-state index in [9.17, 15) is 9.59 Å². The van der Waals surface area contributed by atoms with Gasteiger partial charge in [-0.25, -0.2) is 9.78 Å². The largest absolute Gasteiger partial charge is 0.382 e. The molecule has 2 N–H and O–H groups in total. The number of nitrogen functional groups attached to an aromatic ring is 1. The van der Waals surface area contributed by atoms with E-state index < -0.39 is 11.2 Å². The molecule has 98 valence electrons. The maximum absolute atomic E-state index is 12.2. The summed E-state index contributed by atoms with van der Waals surface area (Å²) < 4.78 is 2.23. The van der Waals surface area contributed by atoms with E-state index in [1.165, 1.54) is 30.4 Å². The van der Waals surface area contributed by atoms with Crippen LogP contribution >= 0.6 is 11.8 Å². The second-order valence-corrected chi connectivity index (χ2v) is 4.74.